The molecular formula is C16H30N4O3. The van der Waals surface area contributed by atoms with E-state index < -0.39 is 0 Å². The fourth-order valence-corrected chi connectivity index (χ4v) is 3.26. The van der Waals surface area contributed by atoms with Crippen molar-refractivity contribution in [3.8, 4) is 0 Å². The zero-order valence-electron chi connectivity index (χ0n) is 14.4. The second kappa shape index (κ2) is 8.96. The van der Waals surface area contributed by atoms with Gasteiger partial charge in [0.05, 0.1) is 6.61 Å². The first kappa shape index (κ1) is 17.8. The third kappa shape index (κ3) is 4.99. The lowest BCUT2D eigenvalue weighted by molar-refractivity contribution is 0.0568. The van der Waals surface area contributed by atoms with Crippen molar-refractivity contribution < 1.29 is 14.3 Å². The monoisotopic (exact) mass is 326 g/mol. The zero-order chi connectivity index (χ0) is 16.7. The maximum absolute atomic E-state index is 12.0. The molecule has 2 heterocycles. The van der Waals surface area contributed by atoms with Crippen molar-refractivity contribution >= 4 is 12.1 Å². The van der Waals surface area contributed by atoms with E-state index in [4.69, 9.17) is 4.74 Å². The third-order valence-corrected chi connectivity index (χ3v) is 4.63. The Labute approximate surface area is 138 Å². The minimum atomic E-state index is -0.191. The van der Waals surface area contributed by atoms with Crippen LogP contribution in [-0.2, 0) is 4.74 Å². The van der Waals surface area contributed by atoms with E-state index in [-0.39, 0.29) is 12.1 Å². The molecule has 0 unspecified atom stereocenters. The summed E-state index contributed by atoms with van der Waals surface area (Å²) in [5, 5.41) is 2.94. The molecule has 0 spiro atoms. The van der Waals surface area contributed by atoms with Crippen molar-refractivity contribution in [1.82, 2.24) is 20.0 Å². The highest BCUT2D eigenvalue weighted by Crippen LogP contribution is 2.19. The van der Waals surface area contributed by atoms with Gasteiger partial charge in [-0.25, -0.2) is 9.59 Å². The number of amides is 3. The minimum Gasteiger partial charge on any atom is -0.450 e. The fourth-order valence-electron chi connectivity index (χ4n) is 3.26. The highest BCUT2D eigenvalue weighted by Gasteiger charge is 2.30. The molecule has 0 saturated carbocycles. The van der Waals surface area contributed by atoms with Crippen LogP contribution < -0.4 is 5.32 Å². The number of hydrogen-bond acceptors (Lipinski definition) is 4. The van der Waals surface area contributed by atoms with Crippen LogP contribution in [0.2, 0.25) is 0 Å². The van der Waals surface area contributed by atoms with E-state index in [1.54, 1.807) is 4.90 Å². The number of ether oxygens (including phenoxy) is 1. The molecule has 0 aromatic heterocycles. The van der Waals surface area contributed by atoms with Gasteiger partial charge in [0.2, 0.25) is 0 Å². The Balaban J connectivity index is 1.70. The van der Waals surface area contributed by atoms with Gasteiger partial charge < -0.3 is 19.9 Å². The van der Waals surface area contributed by atoms with Crippen LogP contribution >= 0.6 is 0 Å². The summed E-state index contributed by atoms with van der Waals surface area (Å²) in [7, 11) is 0. The van der Waals surface area contributed by atoms with Crippen LogP contribution in [0.5, 0.6) is 0 Å². The molecule has 3 amide bonds. The number of piperidine rings is 1. The molecule has 2 saturated heterocycles. The van der Waals surface area contributed by atoms with Gasteiger partial charge in [0.15, 0.2) is 0 Å². The Morgan fingerprint density at radius 3 is 2.22 bits per heavy atom. The Morgan fingerprint density at radius 1 is 1.00 bits per heavy atom. The van der Waals surface area contributed by atoms with E-state index in [9.17, 15) is 9.59 Å². The summed E-state index contributed by atoms with van der Waals surface area (Å²) in [4.78, 5) is 29.8. The summed E-state index contributed by atoms with van der Waals surface area (Å²) >= 11 is 0. The van der Waals surface area contributed by atoms with Crippen LogP contribution in [0, 0.1) is 0 Å². The van der Waals surface area contributed by atoms with Gasteiger partial charge in [0.25, 0.3) is 0 Å². The Hall–Kier alpha value is -1.50. The fraction of sp³-hybridized carbons (Fsp3) is 0.875. The van der Waals surface area contributed by atoms with Crippen molar-refractivity contribution in [3.05, 3.63) is 0 Å². The molecule has 2 fully saturated rings. The normalized spacial score (nSPS) is 20.4. The summed E-state index contributed by atoms with van der Waals surface area (Å²) in [6.07, 6.45) is 2.75. The molecule has 7 nitrogen and oxygen atoms in total. The first-order chi connectivity index (χ1) is 11.2. The van der Waals surface area contributed by atoms with Crippen molar-refractivity contribution in [1.29, 1.82) is 0 Å². The number of rotatable bonds is 4. The number of carbonyl (C=O) groups is 2. The predicted octanol–water partition coefficient (Wildman–Crippen LogP) is 1.34. The molecular weight excluding hydrogens is 296 g/mol. The summed E-state index contributed by atoms with van der Waals surface area (Å²) in [5.74, 6) is 0. The molecule has 7 heteroatoms. The van der Waals surface area contributed by atoms with E-state index in [2.05, 4.69) is 17.1 Å². The number of piperazine rings is 1. The van der Waals surface area contributed by atoms with E-state index in [1.165, 1.54) is 0 Å². The maximum atomic E-state index is 12.0. The second-order valence-corrected chi connectivity index (χ2v) is 6.17. The SMILES string of the molecule is CCCNC(=O)N1CCN(C2CCN(C(=O)OCC)CC2)CC1. The molecule has 2 aliphatic heterocycles. The highest BCUT2D eigenvalue weighted by atomic mass is 16.6. The van der Waals surface area contributed by atoms with Crippen molar-refractivity contribution in [2.45, 2.75) is 39.2 Å². The molecule has 0 aliphatic carbocycles. The molecule has 23 heavy (non-hydrogen) atoms. The van der Waals surface area contributed by atoms with Gasteiger partial charge in [-0.15, -0.1) is 0 Å². The Kier molecular flexibility index (Phi) is 6.95. The molecule has 1 N–H and O–H groups in total. The smallest absolute Gasteiger partial charge is 0.409 e. The van der Waals surface area contributed by atoms with Crippen LogP contribution in [-0.4, -0.2) is 85.3 Å². The van der Waals surface area contributed by atoms with Crippen LogP contribution in [0.15, 0.2) is 0 Å². The van der Waals surface area contributed by atoms with Gasteiger partial charge >= 0.3 is 12.1 Å². The molecule has 2 aliphatic rings. The van der Waals surface area contributed by atoms with Crippen molar-refractivity contribution in [2.75, 3.05) is 52.4 Å². The number of hydrogen-bond donors (Lipinski definition) is 1. The van der Waals surface area contributed by atoms with Gasteiger partial charge in [-0.05, 0) is 26.2 Å². The number of nitrogens with zero attached hydrogens (tertiary/aromatic N) is 3. The Bertz CT molecular complexity index is 389. The third-order valence-electron chi connectivity index (χ3n) is 4.63. The number of urea groups is 1. The van der Waals surface area contributed by atoms with Gasteiger partial charge in [-0.2, -0.15) is 0 Å². The first-order valence-corrected chi connectivity index (χ1v) is 8.84. The first-order valence-electron chi connectivity index (χ1n) is 8.84. The lowest BCUT2D eigenvalue weighted by atomic mass is 10.0. The predicted molar refractivity (Wildman–Crippen MR) is 88.5 cm³/mol. The van der Waals surface area contributed by atoms with Gasteiger partial charge in [0.1, 0.15) is 0 Å². The second-order valence-electron chi connectivity index (χ2n) is 6.17. The number of carbonyl (C=O) groups excluding carboxylic acids is 2. The standard InChI is InChI=1S/C16H30N4O3/c1-3-7-17-15(21)19-12-10-18(11-13-19)14-5-8-20(9-6-14)16(22)23-4-2/h14H,3-13H2,1-2H3,(H,17,21). The topological polar surface area (TPSA) is 65.1 Å². The minimum absolute atomic E-state index is 0.0589. The highest BCUT2D eigenvalue weighted by molar-refractivity contribution is 5.74. The van der Waals surface area contributed by atoms with Crippen LogP contribution in [0.3, 0.4) is 0 Å². The van der Waals surface area contributed by atoms with E-state index in [0.29, 0.717) is 12.6 Å². The quantitative estimate of drug-likeness (QED) is 0.847. The van der Waals surface area contributed by atoms with Gasteiger partial charge in [-0.3, -0.25) is 4.90 Å². The van der Waals surface area contributed by atoms with E-state index in [0.717, 1.165) is 65.1 Å². The van der Waals surface area contributed by atoms with Gasteiger partial charge in [-0.1, -0.05) is 6.92 Å². The lowest BCUT2D eigenvalue weighted by Gasteiger charge is -2.42. The zero-order valence-corrected chi connectivity index (χ0v) is 14.4. The summed E-state index contributed by atoms with van der Waals surface area (Å²) in [6.45, 7) is 10.0. The molecule has 0 radical (unpaired) electrons. The van der Waals surface area contributed by atoms with Crippen LogP contribution in [0.25, 0.3) is 0 Å². The van der Waals surface area contributed by atoms with Crippen LogP contribution in [0.4, 0.5) is 9.59 Å². The van der Waals surface area contributed by atoms with E-state index in [1.807, 2.05) is 11.8 Å². The molecule has 2 rings (SSSR count). The van der Waals surface area contributed by atoms with Crippen molar-refractivity contribution in [2.24, 2.45) is 0 Å². The number of nitrogens with one attached hydrogen (secondary N) is 1. The van der Waals surface area contributed by atoms with Crippen LogP contribution in [0.1, 0.15) is 33.1 Å². The summed E-state index contributed by atoms with van der Waals surface area (Å²) in [6, 6.07) is 0.574. The Morgan fingerprint density at radius 2 is 1.65 bits per heavy atom. The molecule has 132 valence electrons. The summed E-state index contributed by atoms with van der Waals surface area (Å²) < 4.78 is 5.06. The maximum Gasteiger partial charge on any atom is 0.409 e. The molecule has 0 aromatic carbocycles. The van der Waals surface area contributed by atoms with Gasteiger partial charge in [0, 0.05) is 51.9 Å². The summed E-state index contributed by atoms with van der Waals surface area (Å²) in [5.41, 5.74) is 0. The van der Waals surface area contributed by atoms with Crippen molar-refractivity contribution in [3.63, 3.8) is 0 Å². The molecule has 0 atom stereocenters. The molecule has 0 bridgehead atoms. The largest absolute Gasteiger partial charge is 0.450 e. The van der Waals surface area contributed by atoms with E-state index >= 15 is 0 Å². The number of likely N-dealkylation sites (tertiary alicyclic amines) is 1. The lowest BCUT2D eigenvalue weighted by Crippen LogP contribution is -2.56. The molecule has 0 aromatic rings. The average Bonchev–Trinajstić information content (AvgIpc) is 2.60. The average molecular weight is 326 g/mol.